The van der Waals surface area contributed by atoms with E-state index in [1.165, 1.54) is 0 Å². The lowest BCUT2D eigenvalue weighted by atomic mass is 10.3. The zero-order chi connectivity index (χ0) is 14.0. The average molecular weight is 264 g/mol. The normalized spacial score (nSPS) is 10.7. The van der Waals surface area contributed by atoms with Crippen molar-refractivity contribution in [2.45, 2.75) is 6.54 Å². The fourth-order valence-corrected chi connectivity index (χ4v) is 2.18. The first-order chi connectivity index (χ1) is 9.17. The largest absolute Gasteiger partial charge is 0.383 e. The standard InChI is InChI=1S/C11H20N8/c1-14-7-8-6(9(13)18-10(7)15-2)17-11(16-3)19(8)5-4-12/h14H,4-5,12H2,1-3H3,(H,16,17)(H3,13,15,18). The molecular formula is C11H20N8. The minimum Gasteiger partial charge on any atom is -0.383 e. The highest BCUT2D eigenvalue weighted by atomic mass is 15.2. The van der Waals surface area contributed by atoms with Crippen molar-refractivity contribution in [3.63, 3.8) is 0 Å². The second-order valence-electron chi connectivity index (χ2n) is 4.04. The van der Waals surface area contributed by atoms with Crippen LogP contribution in [0.4, 0.5) is 23.3 Å². The fraction of sp³-hybridized carbons (Fsp3) is 0.455. The smallest absolute Gasteiger partial charge is 0.203 e. The lowest BCUT2D eigenvalue weighted by molar-refractivity contribution is 0.735. The summed E-state index contributed by atoms with van der Waals surface area (Å²) in [6, 6.07) is 0. The van der Waals surface area contributed by atoms with E-state index in [1.807, 2.05) is 18.7 Å². The molecule has 2 aromatic rings. The summed E-state index contributed by atoms with van der Waals surface area (Å²) in [7, 11) is 5.46. The highest BCUT2D eigenvalue weighted by molar-refractivity contribution is 6.01. The highest BCUT2D eigenvalue weighted by Crippen LogP contribution is 2.34. The Labute approximate surface area is 111 Å². The Balaban J connectivity index is 2.85. The number of hydrogen-bond donors (Lipinski definition) is 5. The van der Waals surface area contributed by atoms with Gasteiger partial charge in [-0.25, -0.2) is 9.97 Å². The Morgan fingerprint density at radius 1 is 1.11 bits per heavy atom. The molecule has 0 radical (unpaired) electrons. The number of nitrogens with two attached hydrogens (primary N) is 2. The summed E-state index contributed by atoms with van der Waals surface area (Å²) in [5.74, 6) is 1.80. The summed E-state index contributed by atoms with van der Waals surface area (Å²) in [5.41, 5.74) is 14.1. The number of anilines is 4. The van der Waals surface area contributed by atoms with Crippen LogP contribution in [0.5, 0.6) is 0 Å². The molecule has 19 heavy (non-hydrogen) atoms. The molecule has 7 N–H and O–H groups in total. The predicted molar refractivity (Wildman–Crippen MR) is 79.6 cm³/mol. The molecule has 0 amide bonds. The van der Waals surface area contributed by atoms with Gasteiger partial charge in [0.25, 0.3) is 0 Å². The van der Waals surface area contributed by atoms with Crippen molar-refractivity contribution in [2.75, 3.05) is 49.4 Å². The first kappa shape index (κ1) is 13.2. The van der Waals surface area contributed by atoms with E-state index in [0.717, 1.165) is 17.2 Å². The maximum atomic E-state index is 5.98. The van der Waals surface area contributed by atoms with Gasteiger partial charge >= 0.3 is 0 Å². The summed E-state index contributed by atoms with van der Waals surface area (Å²) < 4.78 is 2.00. The molecule has 0 bridgehead atoms. The minimum absolute atomic E-state index is 0.394. The molecule has 2 aromatic heterocycles. The SMILES string of the molecule is CNc1nc(N)c2nc(NC)n(CCN)c2c1NC. The van der Waals surface area contributed by atoms with Crippen molar-refractivity contribution in [1.82, 2.24) is 14.5 Å². The number of fused-ring (bicyclic) bond motifs is 1. The quantitative estimate of drug-likeness (QED) is 0.519. The van der Waals surface area contributed by atoms with Crippen LogP contribution < -0.4 is 27.4 Å². The first-order valence-corrected chi connectivity index (χ1v) is 6.10. The molecule has 0 aliphatic heterocycles. The topological polar surface area (TPSA) is 119 Å². The third-order valence-electron chi connectivity index (χ3n) is 2.98. The van der Waals surface area contributed by atoms with Gasteiger partial charge in [-0.2, -0.15) is 0 Å². The maximum Gasteiger partial charge on any atom is 0.203 e. The third-order valence-corrected chi connectivity index (χ3v) is 2.98. The number of nitrogens with one attached hydrogen (secondary N) is 3. The minimum atomic E-state index is 0.394. The van der Waals surface area contributed by atoms with Gasteiger partial charge in [0.05, 0.1) is 0 Å². The van der Waals surface area contributed by atoms with Gasteiger partial charge in [0, 0.05) is 34.2 Å². The zero-order valence-electron chi connectivity index (χ0n) is 11.4. The molecule has 8 nitrogen and oxygen atoms in total. The number of hydrogen-bond acceptors (Lipinski definition) is 7. The molecule has 2 heterocycles. The number of nitrogen functional groups attached to an aromatic ring is 1. The Morgan fingerprint density at radius 2 is 1.84 bits per heavy atom. The van der Waals surface area contributed by atoms with E-state index in [0.29, 0.717) is 30.2 Å². The Morgan fingerprint density at radius 3 is 2.37 bits per heavy atom. The van der Waals surface area contributed by atoms with Crippen LogP contribution in [0.2, 0.25) is 0 Å². The lowest BCUT2D eigenvalue weighted by Crippen LogP contribution is -2.13. The Hall–Kier alpha value is -2.22. The summed E-state index contributed by atoms with van der Waals surface area (Å²) in [5, 5.41) is 9.22. The molecule has 0 spiro atoms. The van der Waals surface area contributed by atoms with Crippen molar-refractivity contribution >= 4 is 34.3 Å². The molecule has 0 unspecified atom stereocenters. The van der Waals surface area contributed by atoms with Gasteiger partial charge in [-0.15, -0.1) is 0 Å². The molecule has 0 aliphatic carbocycles. The number of pyridine rings is 1. The summed E-state index contributed by atoms with van der Waals surface area (Å²) >= 11 is 0. The van der Waals surface area contributed by atoms with Crippen LogP contribution in [0.25, 0.3) is 11.0 Å². The van der Waals surface area contributed by atoms with E-state index in [4.69, 9.17) is 11.5 Å². The van der Waals surface area contributed by atoms with E-state index in [-0.39, 0.29) is 0 Å². The number of rotatable bonds is 5. The van der Waals surface area contributed by atoms with Gasteiger partial charge in [-0.1, -0.05) is 0 Å². The summed E-state index contributed by atoms with van der Waals surface area (Å²) in [4.78, 5) is 8.78. The van der Waals surface area contributed by atoms with E-state index >= 15 is 0 Å². The molecule has 0 atom stereocenters. The second kappa shape index (κ2) is 5.19. The third kappa shape index (κ3) is 1.99. The van der Waals surface area contributed by atoms with Crippen molar-refractivity contribution in [3.05, 3.63) is 0 Å². The molecule has 104 valence electrons. The van der Waals surface area contributed by atoms with Crippen molar-refractivity contribution < 1.29 is 0 Å². The van der Waals surface area contributed by atoms with Crippen molar-refractivity contribution in [2.24, 2.45) is 5.73 Å². The fourth-order valence-electron chi connectivity index (χ4n) is 2.18. The maximum absolute atomic E-state index is 5.98. The molecule has 0 fully saturated rings. The Kier molecular flexibility index (Phi) is 3.61. The van der Waals surface area contributed by atoms with Crippen LogP contribution in [0.3, 0.4) is 0 Å². The summed E-state index contributed by atoms with van der Waals surface area (Å²) in [6.45, 7) is 1.16. The van der Waals surface area contributed by atoms with E-state index in [2.05, 4.69) is 25.9 Å². The molecule has 0 saturated heterocycles. The summed E-state index contributed by atoms with van der Waals surface area (Å²) in [6.07, 6.45) is 0. The van der Waals surface area contributed by atoms with E-state index < -0.39 is 0 Å². The van der Waals surface area contributed by atoms with E-state index in [1.54, 1.807) is 7.05 Å². The van der Waals surface area contributed by atoms with E-state index in [9.17, 15) is 0 Å². The van der Waals surface area contributed by atoms with Crippen LogP contribution in [0.1, 0.15) is 0 Å². The Bertz CT molecular complexity index is 588. The lowest BCUT2D eigenvalue weighted by Gasteiger charge is -2.13. The van der Waals surface area contributed by atoms with Crippen LogP contribution in [0.15, 0.2) is 0 Å². The van der Waals surface area contributed by atoms with Gasteiger partial charge in [0.1, 0.15) is 16.7 Å². The van der Waals surface area contributed by atoms with Gasteiger partial charge in [-0.3, -0.25) is 0 Å². The highest BCUT2D eigenvalue weighted by Gasteiger charge is 2.19. The monoisotopic (exact) mass is 264 g/mol. The molecular weight excluding hydrogens is 244 g/mol. The second-order valence-corrected chi connectivity index (χ2v) is 4.04. The van der Waals surface area contributed by atoms with Crippen LogP contribution in [-0.4, -0.2) is 42.2 Å². The first-order valence-electron chi connectivity index (χ1n) is 6.10. The predicted octanol–water partition coefficient (Wildman–Crippen LogP) is 0.0973. The van der Waals surface area contributed by atoms with Crippen LogP contribution in [-0.2, 0) is 6.54 Å². The molecule has 0 aliphatic rings. The van der Waals surface area contributed by atoms with Gasteiger partial charge in [0.2, 0.25) is 5.95 Å². The molecule has 2 rings (SSSR count). The zero-order valence-corrected chi connectivity index (χ0v) is 11.4. The number of nitrogens with zero attached hydrogens (tertiary/aromatic N) is 3. The molecule has 8 heteroatoms. The van der Waals surface area contributed by atoms with Gasteiger partial charge < -0.3 is 32.0 Å². The number of aromatic nitrogens is 3. The number of imidazole rings is 1. The van der Waals surface area contributed by atoms with Crippen molar-refractivity contribution in [1.29, 1.82) is 0 Å². The van der Waals surface area contributed by atoms with Gasteiger partial charge in [0.15, 0.2) is 11.6 Å². The van der Waals surface area contributed by atoms with Gasteiger partial charge in [-0.05, 0) is 0 Å². The molecule has 0 saturated carbocycles. The van der Waals surface area contributed by atoms with Crippen LogP contribution in [0, 0.1) is 0 Å². The van der Waals surface area contributed by atoms with Crippen molar-refractivity contribution in [3.8, 4) is 0 Å². The molecule has 0 aromatic carbocycles. The van der Waals surface area contributed by atoms with Crippen LogP contribution >= 0.6 is 0 Å². The average Bonchev–Trinajstić information content (AvgIpc) is 2.78.